The number of carbonyl (C=O) groups is 1. The van der Waals surface area contributed by atoms with Crippen molar-refractivity contribution in [1.82, 2.24) is 10.2 Å². The zero-order valence-corrected chi connectivity index (χ0v) is 11.2. The SMILES string of the molecule is CCCNC(C)C1CCCCN1CCC(N)=O. The first-order chi connectivity index (χ1) is 8.15. The Bertz CT molecular complexity index is 233. The molecule has 1 rings (SSSR count). The number of likely N-dealkylation sites (tertiary alicyclic amines) is 1. The van der Waals surface area contributed by atoms with Crippen molar-refractivity contribution >= 4 is 5.91 Å². The minimum Gasteiger partial charge on any atom is -0.370 e. The number of rotatable bonds is 7. The summed E-state index contributed by atoms with van der Waals surface area (Å²) in [7, 11) is 0. The molecular weight excluding hydrogens is 214 g/mol. The van der Waals surface area contributed by atoms with E-state index < -0.39 is 0 Å². The van der Waals surface area contributed by atoms with Crippen molar-refractivity contribution in [3.05, 3.63) is 0 Å². The Morgan fingerprint density at radius 2 is 2.29 bits per heavy atom. The van der Waals surface area contributed by atoms with Gasteiger partial charge in [-0.15, -0.1) is 0 Å². The quantitative estimate of drug-likeness (QED) is 0.702. The third kappa shape index (κ3) is 5.04. The van der Waals surface area contributed by atoms with Crippen molar-refractivity contribution in [1.29, 1.82) is 0 Å². The highest BCUT2D eigenvalue weighted by Crippen LogP contribution is 2.19. The maximum Gasteiger partial charge on any atom is 0.218 e. The van der Waals surface area contributed by atoms with E-state index in [1.807, 2.05) is 0 Å². The summed E-state index contributed by atoms with van der Waals surface area (Å²) in [5.41, 5.74) is 5.23. The minimum atomic E-state index is -0.191. The van der Waals surface area contributed by atoms with Gasteiger partial charge in [-0.3, -0.25) is 9.69 Å². The zero-order valence-electron chi connectivity index (χ0n) is 11.2. The van der Waals surface area contributed by atoms with Crippen LogP contribution in [0.4, 0.5) is 0 Å². The van der Waals surface area contributed by atoms with Gasteiger partial charge in [0.1, 0.15) is 0 Å². The summed E-state index contributed by atoms with van der Waals surface area (Å²) in [6.07, 6.45) is 5.43. The molecule has 2 unspecified atom stereocenters. The van der Waals surface area contributed by atoms with Crippen LogP contribution < -0.4 is 11.1 Å². The van der Waals surface area contributed by atoms with Crippen molar-refractivity contribution in [3.63, 3.8) is 0 Å². The zero-order chi connectivity index (χ0) is 12.7. The fourth-order valence-corrected chi connectivity index (χ4v) is 2.62. The summed E-state index contributed by atoms with van der Waals surface area (Å²) < 4.78 is 0. The van der Waals surface area contributed by atoms with E-state index in [0.29, 0.717) is 18.5 Å². The molecule has 0 spiro atoms. The Hall–Kier alpha value is -0.610. The molecule has 4 heteroatoms. The lowest BCUT2D eigenvalue weighted by atomic mass is 9.96. The topological polar surface area (TPSA) is 58.4 Å². The monoisotopic (exact) mass is 241 g/mol. The number of amides is 1. The normalized spacial score (nSPS) is 23.5. The molecule has 1 saturated heterocycles. The first-order valence-corrected chi connectivity index (χ1v) is 6.91. The van der Waals surface area contributed by atoms with Gasteiger partial charge in [0.25, 0.3) is 0 Å². The molecule has 0 aliphatic carbocycles. The molecule has 0 saturated carbocycles. The van der Waals surface area contributed by atoms with Crippen molar-refractivity contribution < 1.29 is 4.79 Å². The molecule has 17 heavy (non-hydrogen) atoms. The van der Waals surface area contributed by atoms with Crippen LogP contribution in [0.15, 0.2) is 0 Å². The van der Waals surface area contributed by atoms with E-state index in [1.165, 1.54) is 25.7 Å². The first-order valence-electron chi connectivity index (χ1n) is 6.91. The minimum absolute atomic E-state index is 0.191. The third-order valence-corrected chi connectivity index (χ3v) is 3.60. The number of nitrogens with zero attached hydrogens (tertiary/aromatic N) is 1. The lowest BCUT2D eigenvalue weighted by Gasteiger charge is -2.39. The van der Waals surface area contributed by atoms with Gasteiger partial charge < -0.3 is 11.1 Å². The standard InChI is InChI=1S/C13H27N3O/c1-3-8-15-11(2)12-6-4-5-9-16(12)10-7-13(14)17/h11-12,15H,3-10H2,1-2H3,(H2,14,17). The van der Waals surface area contributed by atoms with E-state index >= 15 is 0 Å². The van der Waals surface area contributed by atoms with Crippen LogP contribution >= 0.6 is 0 Å². The van der Waals surface area contributed by atoms with Crippen LogP contribution in [0.1, 0.15) is 46.0 Å². The van der Waals surface area contributed by atoms with Gasteiger partial charge in [-0.2, -0.15) is 0 Å². The van der Waals surface area contributed by atoms with Gasteiger partial charge in [0.05, 0.1) is 0 Å². The van der Waals surface area contributed by atoms with E-state index in [0.717, 1.165) is 19.6 Å². The fraction of sp³-hybridized carbons (Fsp3) is 0.923. The van der Waals surface area contributed by atoms with Crippen LogP contribution in [0.25, 0.3) is 0 Å². The van der Waals surface area contributed by atoms with Gasteiger partial charge >= 0.3 is 0 Å². The van der Waals surface area contributed by atoms with Gasteiger partial charge in [0.2, 0.25) is 5.91 Å². The summed E-state index contributed by atoms with van der Waals surface area (Å²) in [6, 6.07) is 1.07. The molecule has 0 aromatic heterocycles. The van der Waals surface area contributed by atoms with E-state index in [2.05, 4.69) is 24.1 Å². The lowest BCUT2D eigenvalue weighted by molar-refractivity contribution is -0.118. The maximum atomic E-state index is 10.9. The number of primary amides is 1. The fourth-order valence-electron chi connectivity index (χ4n) is 2.62. The highest BCUT2D eigenvalue weighted by atomic mass is 16.1. The summed E-state index contributed by atoms with van der Waals surface area (Å²) in [5.74, 6) is -0.191. The molecule has 1 aliphatic heterocycles. The van der Waals surface area contributed by atoms with E-state index in [1.54, 1.807) is 0 Å². The number of hydrogen-bond donors (Lipinski definition) is 2. The third-order valence-electron chi connectivity index (χ3n) is 3.60. The van der Waals surface area contributed by atoms with Crippen LogP contribution in [0.2, 0.25) is 0 Å². The summed E-state index contributed by atoms with van der Waals surface area (Å²) in [4.78, 5) is 13.3. The Morgan fingerprint density at radius 1 is 1.53 bits per heavy atom. The molecule has 1 aliphatic rings. The molecule has 1 amide bonds. The number of nitrogens with one attached hydrogen (secondary N) is 1. The van der Waals surface area contributed by atoms with Crippen molar-refractivity contribution in [2.24, 2.45) is 5.73 Å². The Morgan fingerprint density at radius 3 is 2.94 bits per heavy atom. The number of nitrogens with two attached hydrogens (primary N) is 1. The van der Waals surface area contributed by atoms with Crippen LogP contribution in [-0.2, 0) is 4.79 Å². The Labute approximate surface area is 105 Å². The lowest BCUT2D eigenvalue weighted by Crippen LogP contribution is -2.51. The maximum absolute atomic E-state index is 10.9. The predicted octanol–water partition coefficient (Wildman–Crippen LogP) is 1.10. The molecule has 1 fully saturated rings. The van der Waals surface area contributed by atoms with Crippen molar-refractivity contribution in [2.45, 2.75) is 58.0 Å². The molecule has 4 nitrogen and oxygen atoms in total. The average molecular weight is 241 g/mol. The first kappa shape index (κ1) is 14.5. The second-order valence-electron chi connectivity index (χ2n) is 5.06. The van der Waals surface area contributed by atoms with Crippen molar-refractivity contribution in [3.8, 4) is 0 Å². The second kappa shape index (κ2) is 7.67. The van der Waals surface area contributed by atoms with Gasteiger partial charge in [-0.25, -0.2) is 0 Å². The predicted molar refractivity (Wildman–Crippen MR) is 70.8 cm³/mol. The van der Waals surface area contributed by atoms with Gasteiger partial charge in [-0.05, 0) is 39.3 Å². The Kier molecular flexibility index (Phi) is 6.52. The molecule has 0 aromatic carbocycles. The van der Waals surface area contributed by atoms with Crippen LogP contribution in [0.5, 0.6) is 0 Å². The van der Waals surface area contributed by atoms with E-state index in [4.69, 9.17) is 5.73 Å². The summed E-state index contributed by atoms with van der Waals surface area (Å²) in [5, 5.41) is 3.56. The Balaban J connectivity index is 2.43. The highest BCUT2D eigenvalue weighted by molar-refractivity contribution is 5.73. The largest absolute Gasteiger partial charge is 0.370 e. The van der Waals surface area contributed by atoms with Gasteiger partial charge in [-0.1, -0.05) is 13.3 Å². The number of carbonyl (C=O) groups excluding carboxylic acids is 1. The number of hydrogen-bond acceptors (Lipinski definition) is 3. The highest BCUT2D eigenvalue weighted by Gasteiger charge is 2.26. The van der Waals surface area contributed by atoms with Gasteiger partial charge in [0.15, 0.2) is 0 Å². The summed E-state index contributed by atoms with van der Waals surface area (Å²) in [6.45, 7) is 7.43. The second-order valence-corrected chi connectivity index (χ2v) is 5.06. The summed E-state index contributed by atoms with van der Waals surface area (Å²) >= 11 is 0. The molecule has 1 heterocycles. The van der Waals surface area contributed by atoms with E-state index in [9.17, 15) is 4.79 Å². The van der Waals surface area contributed by atoms with Crippen molar-refractivity contribution in [2.75, 3.05) is 19.6 Å². The van der Waals surface area contributed by atoms with Crippen LogP contribution in [-0.4, -0.2) is 42.5 Å². The van der Waals surface area contributed by atoms with E-state index in [-0.39, 0.29) is 5.91 Å². The molecular formula is C13H27N3O. The van der Waals surface area contributed by atoms with Gasteiger partial charge in [0, 0.05) is 25.0 Å². The molecule has 3 N–H and O–H groups in total. The average Bonchev–Trinajstić information content (AvgIpc) is 2.33. The molecule has 0 radical (unpaired) electrons. The van der Waals surface area contributed by atoms with Crippen LogP contribution in [0, 0.1) is 0 Å². The van der Waals surface area contributed by atoms with Crippen LogP contribution in [0.3, 0.4) is 0 Å². The number of piperidine rings is 1. The smallest absolute Gasteiger partial charge is 0.218 e. The molecule has 2 atom stereocenters. The molecule has 0 bridgehead atoms. The molecule has 0 aromatic rings. The molecule has 100 valence electrons.